The Morgan fingerprint density at radius 2 is 1.70 bits per heavy atom. The van der Waals surface area contributed by atoms with Gasteiger partial charge >= 0.3 is 18.0 Å². The molecule has 0 saturated carbocycles. The number of aromatic nitrogens is 3. The maximum atomic E-state index is 13.4. The van der Waals surface area contributed by atoms with Crippen molar-refractivity contribution in [1.29, 1.82) is 0 Å². The first-order valence-electron chi connectivity index (χ1n) is 8.21. The molecule has 14 heteroatoms. The van der Waals surface area contributed by atoms with Crippen LogP contribution in [0.3, 0.4) is 0 Å². The fourth-order valence-corrected chi connectivity index (χ4v) is 3.39. The molecule has 2 heterocycles. The third-order valence-corrected chi connectivity index (χ3v) is 5.85. The first-order valence-corrected chi connectivity index (χ1v) is 9.86. The van der Waals surface area contributed by atoms with Crippen LogP contribution in [0.25, 0.3) is 11.4 Å². The van der Waals surface area contributed by atoms with Crippen LogP contribution < -0.4 is 5.56 Å². The summed E-state index contributed by atoms with van der Waals surface area (Å²) in [5.74, 6) is -12.0. The van der Waals surface area contributed by atoms with E-state index in [2.05, 4.69) is 9.97 Å². The van der Waals surface area contributed by atoms with E-state index in [0.29, 0.717) is 10.9 Å². The largest absolute Gasteiger partial charge is 0.459 e. The number of hydrogen-bond donors (Lipinski definition) is 0. The number of aryl methyl sites for hydroxylation is 1. The lowest BCUT2D eigenvalue weighted by Gasteiger charge is -2.28. The molecule has 0 N–H and O–H groups in total. The van der Waals surface area contributed by atoms with E-state index in [4.69, 9.17) is 0 Å². The Labute approximate surface area is 165 Å². The summed E-state index contributed by atoms with van der Waals surface area (Å²) in [5.41, 5.74) is -1.51. The molecule has 30 heavy (non-hydrogen) atoms. The van der Waals surface area contributed by atoms with E-state index < -0.39 is 46.4 Å². The summed E-state index contributed by atoms with van der Waals surface area (Å²) in [5, 5.41) is 0. The molecular formula is C16H14F7N3O3S. The highest BCUT2D eigenvalue weighted by atomic mass is 32.2. The Morgan fingerprint density at radius 3 is 2.23 bits per heavy atom. The SMILES string of the molecule is CCS(=O)(=O)c1cccnc1-c1cc(=O)n(CCC(F)(F)C(F)(F)C(F)(F)F)cn1. The van der Waals surface area contributed by atoms with Crippen molar-refractivity contribution in [3.8, 4) is 11.4 Å². The normalized spacial score (nSPS) is 13.5. The second-order valence-corrected chi connectivity index (χ2v) is 8.33. The third kappa shape index (κ3) is 4.47. The molecule has 0 aliphatic carbocycles. The number of sulfone groups is 1. The zero-order chi connectivity index (χ0) is 23.0. The maximum absolute atomic E-state index is 13.4. The quantitative estimate of drug-likeness (QED) is 0.591. The van der Waals surface area contributed by atoms with Crippen LogP contribution in [0.5, 0.6) is 0 Å². The first kappa shape index (κ1) is 23.8. The molecule has 2 aromatic rings. The molecule has 0 aromatic carbocycles. The minimum Gasteiger partial charge on any atom is -0.299 e. The Kier molecular flexibility index (Phi) is 6.31. The Morgan fingerprint density at radius 1 is 1.07 bits per heavy atom. The second-order valence-electron chi connectivity index (χ2n) is 6.09. The lowest BCUT2D eigenvalue weighted by atomic mass is 10.1. The van der Waals surface area contributed by atoms with Crippen LogP contribution in [0.1, 0.15) is 13.3 Å². The Hall–Kier alpha value is -2.51. The lowest BCUT2D eigenvalue weighted by molar-refractivity contribution is -0.356. The van der Waals surface area contributed by atoms with Gasteiger partial charge < -0.3 is 0 Å². The molecule has 0 fully saturated rings. The molecule has 0 unspecified atom stereocenters. The predicted molar refractivity (Wildman–Crippen MR) is 90.0 cm³/mol. The van der Waals surface area contributed by atoms with E-state index in [1.54, 1.807) is 0 Å². The van der Waals surface area contributed by atoms with Crippen LogP contribution in [0, 0.1) is 0 Å². The molecule has 6 nitrogen and oxygen atoms in total. The summed E-state index contributed by atoms with van der Waals surface area (Å²) < 4.78 is 114. The molecule has 0 atom stereocenters. The van der Waals surface area contributed by atoms with Crippen molar-refractivity contribution < 1.29 is 39.2 Å². The minimum atomic E-state index is -6.47. The zero-order valence-corrected chi connectivity index (χ0v) is 15.9. The molecule has 0 bridgehead atoms. The summed E-state index contributed by atoms with van der Waals surface area (Å²) in [4.78, 5) is 19.4. The predicted octanol–water partition coefficient (Wildman–Crippen LogP) is 3.32. The van der Waals surface area contributed by atoms with Crippen LogP contribution in [-0.4, -0.2) is 46.7 Å². The van der Waals surface area contributed by atoms with Gasteiger partial charge in [0.1, 0.15) is 5.69 Å². The van der Waals surface area contributed by atoms with Gasteiger partial charge in [-0.2, -0.15) is 30.7 Å². The molecule has 0 radical (unpaired) electrons. The van der Waals surface area contributed by atoms with Gasteiger partial charge in [-0.25, -0.2) is 13.4 Å². The summed E-state index contributed by atoms with van der Waals surface area (Å²) in [6.07, 6.45) is -6.60. The van der Waals surface area contributed by atoms with Gasteiger partial charge in [-0.05, 0) is 12.1 Å². The van der Waals surface area contributed by atoms with Crippen molar-refractivity contribution >= 4 is 9.84 Å². The molecule has 2 aromatic heterocycles. The smallest absolute Gasteiger partial charge is 0.299 e. The number of pyridine rings is 1. The molecule has 0 aliphatic rings. The van der Waals surface area contributed by atoms with Crippen LogP contribution in [0.4, 0.5) is 30.7 Å². The van der Waals surface area contributed by atoms with Crippen molar-refractivity contribution in [1.82, 2.24) is 14.5 Å². The molecule has 0 spiro atoms. The van der Waals surface area contributed by atoms with E-state index >= 15 is 0 Å². The number of alkyl halides is 7. The number of rotatable bonds is 7. The molecular weight excluding hydrogens is 447 g/mol. The molecule has 166 valence electrons. The first-order chi connectivity index (χ1) is 13.6. The lowest BCUT2D eigenvalue weighted by Crippen LogP contribution is -2.52. The molecule has 2 rings (SSSR count). The second kappa shape index (κ2) is 7.96. The van der Waals surface area contributed by atoms with Crippen molar-refractivity contribution in [2.75, 3.05) is 5.75 Å². The summed E-state index contributed by atoms with van der Waals surface area (Å²) in [6.45, 7) is 0.182. The third-order valence-electron chi connectivity index (χ3n) is 4.09. The summed E-state index contributed by atoms with van der Waals surface area (Å²) >= 11 is 0. The van der Waals surface area contributed by atoms with Crippen molar-refractivity contribution in [2.24, 2.45) is 0 Å². The standard InChI is InChI=1S/C16H14F7N3O3S/c1-2-30(28,29)11-4-3-6-24-13(11)10-8-12(27)26(9-25-10)7-5-14(17,18)15(19,20)16(21,22)23/h3-4,6,8-9H,2,5,7H2,1H3. The fourth-order valence-electron chi connectivity index (χ4n) is 2.34. The zero-order valence-electron chi connectivity index (χ0n) is 15.1. The van der Waals surface area contributed by atoms with Gasteiger partial charge in [-0.15, -0.1) is 0 Å². The van der Waals surface area contributed by atoms with E-state index in [1.165, 1.54) is 25.3 Å². The summed E-state index contributed by atoms with van der Waals surface area (Å²) in [7, 11) is -3.76. The van der Waals surface area contributed by atoms with Crippen molar-refractivity contribution in [3.63, 3.8) is 0 Å². The van der Waals surface area contributed by atoms with E-state index in [-0.39, 0.29) is 22.0 Å². The van der Waals surface area contributed by atoms with E-state index in [9.17, 15) is 43.9 Å². The van der Waals surface area contributed by atoms with Gasteiger partial charge in [0.05, 0.1) is 22.7 Å². The van der Waals surface area contributed by atoms with Crippen molar-refractivity contribution in [2.45, 2.75) is 42.8 Å². The van der Waals surface area contributed by atoms with Gasteiger partial charge in [-0.1, -0.05) is 6.92 Å². The van der Waals surface area contributed by atoms with Crippen LogP contribution in [0.15, 0.2) is 40.4 Å². The van der Waals surface area contributed by atoms with Gasteiger partial charge in [0.2, 0.25) is 0 Å². The Bertz CT molecular complexity index is 1080. The van der Waals surface area contributed by atoms with Crippen LogP contribution >= 0.6 is 0 Å². The topological polar surface area (TPSA) is 81.9 Å². The van der Waals surface area contributed by atoms with Gasteiger partial charge in [0, 0.05) is 25.2 Å². The minimum absolute atomic E-state index is 0.197. The molecule has 0 saturated heterocycles. The maximum Gasteiger partial charge on any atom is 0.459 e. The van der Waals surface area contributed by atoms with Crippen LogP contribution in [-0.2, 0) is 16.4 Å². The highest BCUT2D eigenvalue weighted by Crippen LogP contribution is 2.48. The average molecular weight is 461 g/mol. The fraction of sp³-hybridized carbons (Fsp3) is 0.438. The Balaban J connectivity index is 2.34. The van der Waals surface area contributed by atoms with Crippen molar-refractivity contribution in [3.05, 3.63) is 41.1 Å². The van der Waals surface area contributed by atoms with Gasteiger partial charge in [-0.3, -0.25) is 14.3 Å². The number of hydrogen-bond acceptors (Lipinski definition) is 5. The monoisotopic (exact) mass is 461 g/mol. The van der Waals surface area contributed by atoms with E-state index in [1.807, 2.05) is 0 Å². The van der Waals surface area contributed by atoms with Gasteiger partial charge in [0.15, 0.2) is 9.84 Å². The highest BCUT2D eigenvalue weighted by Gasteiger charge is 2.72. The molecule has 0 aliphatic heterocycles. The van der Waals surface area contributed by atoms with Crippen LogP contribution in [0.2, 0.25) is 0 Å². The summed E-state index contributed by atoms with van der Waals surface area (Å²) in [6, 6.07) is 3.27. The average Bonchev–Trinajstić information content (AvgIpc) is 2.66. The van der Waals surface area contributed by atoms with E-state index in [0.717, 1.165) is 6.07 Å². The highest BCUT2D eigenvalue weighted by molar-refractivity contribution is 7.91. The molecule has 0 amide bonds. The number of halogens is 7. The number of nitrogens with zero attached hydrogens (tertiary/aromatic N) is 3. The van der Waals surface area contributed by atoms with Gasteiger partial charge in [0.25, 0.3) is 5.56 Å².